The van der Waals surface area contributed by atoms with Crippen molar-refractivity contribution in [1.82, 2.24) is 9.97 Å². The Kier molecular flexibility index (Phi) is 4.87. The smallest absolute Gasteiger partial charge is 0.179 e. The van der Waals surface area contributed by atoms with Crippen LogP contribution in [0.1, 0.15) is 41.6 Å². The lowest BCUT2D eigenvalue weighted by atomic mass is 9.96. The molecule has 7 heteroatoms. The van der Waals surface area contributed by atoms with Crippen LogP contribution < -0.4 is 14.8 Å². The molecule has 0 bridgehead atoms. The number of nitrogens with zero attached hydrogens (tertiary/aromatic N) is 2. The predicted octanol–water partition coefficient (Wildman–Crippen LogP) is 3.23. The normalized spacial score (nSPS) is 16.7. The first-order valence-electron chi connectivity index (χ1n) is 8.99. The van der Waals surface area contributed by atoms with Gasteiger partial charge in [0.2, 0.25) is 0 Å². The van der Waals surface area contributed by atoms with Gasteiger partial charge in [-0.3, -0.25) is 0 Å². The summed E-state index contributed by atoms with van der Waals surface area (Å²) in [7, 11) is 0. The van der Waals surface area contributed by atoms with E-state index in [0.29, 0.717) is 41.8 Å². The number of fused-ring (bicyclic) bond motifs is 2. The summed E-state index contributed by atoms with van der Waals surface area (Å²) < 4.78 is 11.1. The first kappa shape index (κ1) is 17.4. The number of hydrogen-bond donors (Lipinski definition) is 2. The first-order chi connectivity index (χ1) is 12.6. The lowest BCUT2D eigenvalue weighted by Crippen LogP contribution is -2.19. The molecule has 4 rings (SSSR count). The second-order valence-corrected chi connectivity index (χ2v) is 7.08. The first-order valence-corrected chi connectivity index (χ1v) is 9.37. The van der Waals surface area contributed by atoms with Crippen molar-refractivity contribution >= 4 is 17.4 Å². The van der Waals surface area contributed by atoms with Crippen LogP contribution in [0.5, 0.6) is 11.5 Å². The molecule has 1 aliphatic carbocycles. The number of benzene rings is 1. The molecule has 1 aromatic heterocycles. The van der Waals surface area contributed by atoms with Crippen LogP contribution >= 0.6 is 11.6 Å². The van der Waals surface area contributed by atoms with Crippen LogP contribution in [0.3, 0.4) is 0 Å². The van der Waals surface area contributed by atoms with Gasteiger partial charge < -0.3 is 19.9 Å². The number of rotatable bonds is 4. The van der Waals surface area contributed by atoms with Gasteiger partial charge in [-0.25, -0.2) is 9.97 Å². The average molecular weight is 376 g/mol. The molecular weight excluding hydrogens is 354 g/mol. The molecule has 6 nitrogen and oxygen atoms in total. The van der Waals surface area contributed by atoms with Crippen molar-refractivity contribution in [3.8, 4) is 11.5 Å². The minimum absolute atomic E-state index is 0.332. The topological polar surface area (TPSA) is 76.5 Å². The van der Waals surface area contributed by atoms with E-state index < -0.39 is 6.10 Å². The summed E-state index contributed by atoms with van der Waals surface area (Å²) in [5.74, 6) is 2.70. The molecule has 0 spiro atoms. The van der Waals surface area contributed by atoms with E-state index in [0.717, 1.165) is 36.6 Å². The largest absolute Gasteiger partial charge is 0.486 e. The Bertz CT molecular complexity index is 828. The van der Waals surface area contributed by atoms with Gasteiger partial charge in [-0.1, -0.05) is 11.6 Å². The lowest BCUT2D eigenvalue weighted by Gasteiger charge is -2.23. The molecule has 0 radical (unpaired) electrons. The van der Waals surface area contributed by atoms with E-state index in [4.69, 9.17) is 21.1 Å². The van der Waals surface area contributed by atoms with Crippen LogP contribution in [0.25, 0.3) is 0 Å². The fourth-order valence-corrected chi connectivity index (χ4v) is 3.77. The zero-order valence-corrected chi connectivity index (χ0v) is 15.5. The molecule has 1 unspecified atom stereocenters. The molecule has 1 aromatic carbocycles. The van der Waals surface area contributed by atoms with Gasteiger partial charge in [0.1, 0.15) is 24.9 Å². The maximum Gasteiger partial charge on any atom is 0.179 e. The third-order valence-electron chi connectivity index (χ3n) is 4.76. The maximum absolute atomic E-state index is 10.6. The summed E-state index contributed by atoms with van der Waals surface area (Å²) in [4.78, 5) is 9.09. The van der Waals surface area contributed by atoms with Crippen LogP contribution in [-0.2, 0) is 12.8 Å². The summed E-state index contributed by atoms with van der Waals surface area (Å²) in [6, 6.07) is 3.51. The number of aromatic nitrogens is 2. The van der Waals surface area contributed by atoms with E-state index in [1.54, 1.807) is 12.1 Å². The Hall–Kier alpha value is -2.05. The minimum atomic E-state index is -0.738. The van der Waals surface area contributed by atoms with Crippen LogP contribution in [-0.4, -0.2) is 34.8 Å². The fraction of sp³-hybridized carbons (Fsp3) is 0.474. The summed E-state index contributed by atoms with van der Waals surface area (Å²) in [5, 5.41) is 14.4. The van der Waals surface area contributed by atoms with Gasteiger partial charge in [0.15, 0.2) is 11.5 Å². The van der Waals surface area contributed by atoms with Gasteiger partial charge in [0, 0.05) is 17.8 Å². The molecule has 0 amide bonds. The average Bonchev–Trinajstić information content (AvgIpc) is 2.65. The minimum Gasteiger partial charge on any atom is -0.486 e. The molecule has 0 saturated heterocycles. The number of nitrogens with one attached hydrogen (secondary N) is 1. The summed E-state index contributed by atoms with van der Waals surface area (Å²) >= 11 is 6.27. The molecule has 0 saturated carbocycles. The van der Waals surface area contributed by atoms with Crippen molar-refractivity contribution in [3.63, 3.8) is 0 Å². The monoisotopic (exact) mass is 375 g/mol. The summed E-state index contributed by atoms with van der Waals surface area (Å²) in [6.07, 6.45) is 3.55. The summed E-state index contributed by atoms with van der Waals surface area (Å²) in [5.41, 5.74) is 2.99. The second kappa shape index (κ2) is 7.29. The van der Waals surface area contributed by atoms with Crippen molar-refractivity contribution < 1.29 is 14.6 Å². The number of aliphatic hydroxyl groups is 1. The molecule has 2 aliphatic rings. The third kappa shape index (κ3) is 3.44. The van der Waals surface area contributed by atoms with Gasteiger partial charge >= 0.3 is 0 Å². The number of hydrogen-bond acceptors (Lipinski definition) is 6. The predicted molar refractivity (Wildman–Crippen MR) is 99.3 cm³/mol. The Morgan fingerprint density at radius 2 is 2.00 bits per heavy atom. The Balaban J connectivity index is 1.52. The van der Waals surface area contributed by atoms with Crippen molar-refractivity contribution in [2.45, 2.75) is 38.7 Å². The van der Waals surface area contributed by atoms with E-state index in [1.807, 2.05) is 6.92 Å². The van der Waals surface area contributed by atoms with Crippen molar-refractivity contribution in [1.29, 1.82) is 0 Å². The van der Waals surface area contributed by atoms with Gasteiger partial charge in [0.25, 0.3) is 0 Å². The molecule has 1 aliphatic heterocycles. The Morgan fingerprint density at radius 1 is 1.19 bits per heavy atom. The summed E-state index contributed by atoms with van der Waals surface area (Å²) in [6.45, 7) is 3.19. The molecule has 1 atom stereocenters. The van der Waals surface area contributed by atoms with Crippen LogP contribution in [0, 0.1) is 6.92 Å². The molecular formula is C19H22ClN3O3. The second-order valence-electron chi connectivity index (χ2n) is 6.68. The lowest BCUT2D eigenvalue weighted by molar-refractivity contribution is 0.167. The number of ether oxygens (including phenoxy) is 2. The van der Waals surface area contributed by atoms with Gasteiger partial charge in [-0.2, -0.15) is 0 Å². The van der Waals surface area contributed by atoms with Crippen LogP contribution in [0.2, 0.25) is 5.02 Å². The molecule has 26 heavy (non-hydrogen) atoms. The highest BCUT2D eigenvalue weighted by Gasteiger charge is 2.21. The van der Waals surface area contributed by atoms with Gasteiger partial charge in [0.05, 0.1) is 11.1 Å². The molecule has 2 heterocycles. The SMILES string of the molecule is Cc1nc2c(c(NCC(O)c3cc(Cl)c4c(c3)OCCO4)n1)CCCC2. The number of aryl methyl sites for hydroxylation is 2. The Morgan fingerprint density at radius 3 is 2.88 bits per heavy atom. The quantitative estimate of drug-likeness (QED) is 0.854. The van der Waals surface area contributed by atoms with E-state index in [1.165, 1.54) is 12.0 Å². The highest BCUT2D eigenvalue weighted by atomic mass is 35.5. The Labute approximate surface area is 157 Å². The van der Waals surface area contributed by atoms with E-state index in [9.17, 15) is 5.11 Å². The van der Waals surface area contributed by atoms with Crippen molar-refractivity contribution in [2.24, 2.45) is 0 Å². The molecule has 138 valence electrons. The number of aliphatic hydroxyl groups excluding tert-OH is 1. The highest BCUT2D eigenvalue weighted by Crippen LogP contribution is 2.39. The fourth-order valence-electron chi connectivity index (χ4n) is 3.50. The third-order valence-corrected chi connectivity index (χ3v) is 5.04. The molecule has 2 aromatic rings. The number of halogens is 1. The van der Waals surface area contributed by atoms with Crippen molar-refractivity contribution in [2.75, 3.05) is 25.1 Å². The van der Waals surface area contributed by atoms with Gasteiger partial charge in [-0.05, 0) is 50.3 Å². The van der Waals surface area contributed by atoms with Crippen LogP contribution in [0.4, 0.5) is 5.82 Å². The zero-order valence-electron chi connectivity index (χ0n) is 14.7. The van der Waals surface area contributed by atoms with E-state index >= 15 is 0 Å². The van der Waals surface area contributed by atoms with E-state index in [2.05, 4.69) is 15.3 Å². The maximum atomic E-state index is 10.6. The highest BCUT2D eigenvalue weighted by molar-refractivity contribution is 6.32. The van der Waals surface area contributed by atoms with E-state index in [-0.39, 0.29) is 0 Å². The van der Waals surface area contributed by atoms with Crippen molar-refractivity contribution in [3.05, 3.63) is 39.8 Å². The number of anilines is 1. The zero-order chi connectivity index (χ0) is 18.1. The van der Waals surface area contributed by atoms with Gasteiger partial charge in [-0.15, -0.1) is 0 Å². The molecule has 0 fully saturated rings. The standard InChI is InChI=1S/C19H22ClN3O3/c1-11-22-15-5-3-2-4-13(15)19(23-11)21-10-16(24)12-8-14(20)18-17(9-12)25-6-7-26-18/h8-9,16,24H,2-7,10H2,1H3,(H,21,22,23). The van der Waals surface area contributed by atoms with Crippen LogP contribution in [0.15, 0.2) is 12.1 Å². The molecule has 2 N–H and O–H groups in total.